The van der Waals surface area contributed by atoms with Crippen LogP contribution >= 0.6 is 22.6 Å². The van der Waals surface area contributed by atoms with E-state index in [0.29, 0.717) is 21.6 Å². The summed E-state index contributed by atoms with van der Waals surface area (Å²) in [5.74, 6) is -0.259. The first-order valence-corrected chi connectivity index (χ1v) is 5.41. The Labute approximate surface area is 95.1 Å². The van der Waals surface area contributed by atoms with Crippen LogP contribution in [0, 0.1) is 9.39 Å². The predicted molar refractivity (Wildman–Crippen MR) is 61.4 cm³/mol. The highest BCUT2D eigenvalue weighted by molar-refractivity contribution is 14.1. The fraction of sp³-hybridized carbons (Fsp3) is 0.333. The number of nitrogens with two attached hydrogens (primary N) is 1. The van der Waals surface area contributed by atoms with Gasteiger partial charge in [-0.15, -0.1) is 0 Å². The molecule has 1 aliphatic rings. The number of nitrogen functional groups attached to an aromatic ring is 1. The second kappa shape index (κ2) is 3.90. The molecule has 5 heteroatoms. The third kappa shape index (κ3) is 1.78. The summed E-state index contributed by atoms with van der Waals surface area (Å²) in [4.78, 5) is 5.30. The fourth-order valence-corrected chi connectivity index (χ4v) is 1.90. The van der Waals surface area contributed by atoms with Crippen molar-refractivity contribution >= 4 is 34.0 Å². The molecule has 0 aliphatic carbocycles. The van der Waals surface area contributed by atoms with Crippen molar-refractivity contribution in [3.63, 3.8) is 0 Å². The number of anilines is 2. The molecule has 0 atom stereocenters. The van der Waals surface area contributed by atoms with Crippen LogP contribution in [0.2, 0.25) is 0 Å². The van der Waals surface area contributed by atoms with Gasteiger partial charge in [0, 0.05) is 12.6 Å². The van der Waals surface area contributed by atoms with Gasteiger partial charge in [0.1, 0.15) is 5.82 Å². The summed E-state index contributed by atoms with van der Waals surface area (Å²) >= 11 is 1.92. The van der Waals surface area contributed by atoms with Crippen LogP contribution in [0.25, 0.3) is 0 Å². The Kier molecular flexibility index (Phi) is 2.78. The molecule has 76 valence electrons. The third-order valence-corrected chi connectivity index (χ3v) is 2.92. The minimum absolute atomic E-state index is 0.259. The molecule has 0 bridgehead atoms. The zero-order valence-corrected chi connectivity index (χ0v) is 9.62. The van der Waals surface area contributed by atoms with E-state index in [1.54, 1.807) is 11.1 Å². The van der Waals surface area contributed by atoms with Gasteiger partial charge in [-0.25, -0.2) is 4.39 Å². The van der Waals surface area contributed by atoms with Gasteiger partial charge in [0.2, 0.25) is 0 Å². The first-order chi connectivity index (χ1) is 6.68. The summed E-state index contributed by atoms with van der Waals surface area (Å²) in [7, 11) is 0. The number of hydrogen-bond donors (Lipinski definition) is 1. The number of halogens is 2. The minimum atomic E-state index is -0.259. The molecule has 0 saturated carbocycles. The van der Waals surface area contributed by atoms with Crippen molar-refractivity contribution in [2.45, 2.75) is 6.42 Å². The second-order valence-corrected chi connectivity index (χ2v) is 4.28. The number of rotatable bonds is 1. The van der Waals surface area contributed by atoms with E-state index in [9.17, 15) is 4.39 Å². The summed E-state index contributed by atoms with van der Waals surface area (Å²) in [6, 6.07) is 3.04. The standard InChI is InChI=1S/C9H10FIN2O/c10-6-4-9(8(12)5-7(6)11)13-2-1-3-14-13/h4-5H,1-3,12H2. The second-order valence-electron chi connectivity index (χ2n) is 3.11. The lowest BCUT2D eigenvalue weighted by Crippen LogP contribution is -2.18. The average molecular weight is 308 g/mol. The van der Waals surface area contributed by atoms with Crippen LogP contribution in [0.4, 0.5) is 15.8 Å². The maximum atomic E-state index is 13.3. The van der Waals surface area contributed by atoms with Crippen LogP contribution in [0.5, 0.6) is 0 Å². The molecule has 1 saturated heterocycles. The predicted octanol–water partition coefficient (Wildman–Crippen LogP) is 2.15. The fourth-order valence-electron chi connectivity index (χ4n) is 1.41. The van der Waals surface area contributed by atoms with Crippen molar-refractivity contribution in [1.82, 2.24) is 0 Å². The van der Waals surface area contributed by atoms with Crippen LogP contribution in [0.3, 0.4) is 0 Å². The van der Waals surface area contributed by atoms with Gasteiger partial charge in [-0.05, 0) is 35.1 Å². The summed E-state index contributed by atoms with van der Waals surface area (Å²) in [5, 5.41) is 1.65. The van der Waals surface area contributed by atoms with E-state index in [0.717, 1.165) is 13.0 Å². The lowest BCUT2D eigenvalue weighted by atomic mass is 10.2. The topological polar surface area (TPSA) is 38.5 Å². The zero-order chi connectivity index (χ0) is 10.1. The Balaban J connectivity index is 2.37. The summed E-state index contributed by atoms with van der Waals surface area (Å²) in [5.41, 5.74) is 6.96. The highest BCUT2D eigenvalue weighted by Crippen LogP contribution is 2.29. The van der Waals surface area contributed by atoms with E-state index in [2.05, 4.69) is 0 Å². The Morgan fingerprint density at radius 2 is 2.29 bits per heavy atom. The van der Waals surface area contributed by atoms with Crippen LogP contribution in [0.15, 0.2) is 12.1 Å². The number of hydrogen-bond acceptors (Lipinski definition) is 3. The molecule has 0 radical (unpaired) electrons. The number of benzene rings is 1. The molecule has 14 heavy (non-hydrogen) atoms. The molecule has 0 amide bonds. The molecule has 2 rings (SSSR count). The van der Waals surface area contributed by atoms with Crippen molar-refractivity contribution in [1.29, 1.82) is 0 Å². The maximum Gasteiger partial charge on any atom is 0.138 e. The van der Waals surface area contributed by atoms with Crippen molar-refractivity contribution in [3.8, 4) is 0 Å². The van der Waals surface area contributed by atoms with Gasteiger partial charge in [0.15, 0.2) is 0 Å². The van der Waals surface area contributed by atoms with Crippen LogP contribution in [-0.4, -0.2) is 13.2 Å². The Hall–Kier alpha value is -0.560. The largest absolute Gasteiger partial charge is 0.397 e. The summed E-state index contributed by atoms with van der Waals surface area (Å²) in [6.45, 7) is 1.44. The smallest absolute Gasteiger partial charge is 0.138 e. The van der Waals surface area contributed by atoms with E-state index in [1.807, 2.05) is 22.6 Å². The van der Waals surface area contributed by atoms with E-state index in [1.165, 1.54) is 6.07 Å². The van der Waals surface area contributed by atoms with Gasteiger partial charge in [0.25, 0.3) is 0 Å². The molecule has 1 aliphatic heterocycles. The van der Waals surface area contributed by atoms with Crippen molar-refractivity contribution in [3.05, 3.63) is 21.5 Å². The lowest BCUT2D eigenvalue weighted by molar-refractivity contribution is 0.168. The highest BCUT2D eigenvalue weighted by atomic mass is 127. The van der Waals surface area contributed by atoms with Crippen molar-refractivity contribution < 1.29 is 9.23 Å². The molecular weight excluding hydrogens is 298 g/mol. The Morgan fingerprint density at radius 1 is 1.50 bits per heavy atom. The molecule has 0 aromatic heterocycles. The third-order valence-electron chi connectivity index (χ3n) is 2.09. The van der Waals surface area contributed by atoms with E-state index < -0.39 is 0 Å². The van der Waals surface area contributed by atoms with Gasteiger partial charge in [0.05, 0.1) is 21.6 Å². The number of nitrogens with zero attached hydrogens (tertiary/aromatic N) is 1. The lowest BCUT2D eigenvalue weighted by Gasteiger charge is -2.18. The van der Waals surface area contributed by atoms with E-state index in [-0.39, 0.29) is 5.82 Å². The van der Waals surface area contributed by atoms with Gasteiger partial charge >= 0.3 is 0 Å². The van der Waals surface area contributed by atoms with Gasteiger partial charge in [-0.2, -0.15) is 0 Å². The molecular formula is C9H10FIN2O. The first-order valence-electron chi connectivity index (χ1n) is 4.33. The van der Waals surface area contributed by atoms with E-state index in [4.69, 9.17) is 10.6 Å². The van der Waals surface area contributed by atoms with E-state index >= 15 is 0 Å². The zero-order valence-electron chi connectivity index (χ0n) is 7.46. The molecule has 0 spiro atoms. The molecule has 1 fully saturated rings. The molecule has 0 unspecified atom stereocenters. The van der Waals surface area contributed by atoms with Crippen LogP contribution in [-0.2, 0) is 4.84 Å². The summed E-state index contributed by atoms with van der Waals surface area (Å²) in [6.07, 6.45) is 0.951. The highest BCUT2D eigenvalue weighted by Gasteiger charge is 2.17. The van der Waals surface area contributed by atoms with Gasteiger partial charge < -0.3 is 5.73 Å². The SMILES string of the molecule is Nc1cc(I)c(F)cc1N1CCCO1. The first kappa shape index (κ1) is 9.97. The minimum Gasteiger partial charge on any atom is -0.397 e. The normalized spacial score (nSPS) is 16.3. The maximum absolute atomic E-state index is 13.3. The van der Waals surface area contributed by atoms with Crippen molar-refractivity contribution in [2.75, 3.05) is 23.9 Å². The monoisotopic (exact) mass is 308 g/mol. The molecule has 1 aromatic carbocycles. The molecule has 3 nitrogen and oxygen atoms in total. The summed E-state index contributed by atoms with van der Waals surface area (Å²) < 4.78 is 13.8. The molecule has 1 aromatic rings. The molecule has 1 heterocycles. The van der Waals surface area contributed by atoms with Crippen LogP contribution < -0.4 is 10.8 Å². The van der Waals surface area contributed by atoms with Crippen LogP contribution in [0.1, 0.15) is 6.42 Å². The average Bonchev–Trinajstić information content (AvgIpc) is 2.64. The quantitative estimate of drug-likeness (QED) is 0.638. The Morgan fingerprint density at radius 3 is 2.93 bits per heavy atom. The van der Waals surface area contributed by atoms with Crippen molar-refractivity contribution in [2.24, 2.45) is 0 Å². The molecule has 2 N–H and O–H groups in total. The van der Waals surface area contributed by atoms with Gasteiger partial charge in [-0.3, -0.25) is 9.90 Å². The number of hydroxylamine groups is 1. The Bertz CT molecular complexity index is 353. The van der Waals surface area contributed by atoms with Gasteiger partial charge in [-0.1, -0.05) is 0 Å².